The summed E-state index contributed by atoms with van der Waals surface area (Å²) in [5.41, 5.74) is 6.97. The smallest absolute Gasteiger partial charge is 0.242 e. The van der Waals surface area contributed by atoms with Crippen LogP contribution in [0.15, 0.2) is 36.4 Å². The molecule has 1 atom stereocenters. The van der Waals surface area contributed by atoms with Crippen LogP contribution in [0.4, 0.5) is 5.69 Å². The van der Waals surface area contributed by atoms with E-state index in [4.69, 9.17) is 0 Å². The highest BCUT2D eigenvalue weighted by Crippen LogP contribution is 2.46. The van der Waals surface area contributed by atoms with Crippen molar-refractivity contribution in [1.82, 2.24) is 0 Å². The monoisotopic (exact) mass is 283 g/mol. The number of nitrogens with one attached hydrogen (secondary N) is 1. The van der Waals surface area contributed by atoms with Gasteiger partial charge in [-0.3, -0.25) is 4.79 Å². The lowest BCUT2D eigenvalue weighted by Gasteiger charge is -2.16. The van der Waals surface area contributed by atoms with Gasteiger partial charge in [-0.25, -0.2) is 0 Å². The summed E-state index contributed by atoms with van der Waals surface area (Å²) < 4.78 is 0. The Bertz CT molecular complexity index is 693. The second kappa shape index (κ2) is 4.98. The number of hydrogen-bond acceptors (Lipinski definition) is 2. The van der Waals surface area contributed by atoms with Crippen LogP contribution in [0.2, 0.25) is 0 Å². The summed E-state index contributed by atoms with van der Waals surface area (Å²) in [6.45, 7) is 4.23. The maximum atomic E-state index is 12.1. The van der Waals surface area contributed by atoms with Crippen molar-refractivity contribution < 1.29 is 4.79 Å². The van der Waals surface area contributed by atoms with Gasteiger partial charge in [0.05, 0.1) is 0 Å². The Morgan fingerprint density at radius 1 is 1.05 bits per heavy atom. The van der Waals surface area contributed by atoms with Crippen molar-refractivity contribution in [2.75, 3.05) is 11.6 Å². The molecule has 102 valence electrons. The summed E-state index contributed by atoms with van der Waals surface area (Å²) in [5.74, 6) is 0.0907. The average molecular weight is 283 g/mol. The van der Waals surface area contributed by atoms with Crippen LogP contribution in [0.1, 0.15) is 21.9 Å². The molecule has 3 heteroatoms. The predicted octanol–water partition coefficient (Wildman–Crippen LogP) is 4.33. The molecule has 0 saturated carbocycles. The first-order valence-electron chi connectivity index (χ1n) is 6.66. The van der Waals surface area contributed by atoms with Gasteiger partial charge < -0.3 is 5.32 Å². The van der Waals surface area contributed by atoms with Gasteiger partial charge in [-0.15, -0.1) is 11.8 Å². The molecule has 20 heavy (non-hydrogen) atoms. The second-order valence-corrected chi connectivity index (χ2v) is 6.08. The van der Waals surface area contributed by atoms with E-state index in [-0.39, 0.29) is 11.2 Å². The lowest BCUT2D eigenvalue weighted by atomic mass is 9.91. The van der Waals surface area contributed by atoms with Gasteiger partial charge in [0, 0.05) is 11.3 Å². The number of carbonyl (C=O) groups is 1. The van der Waals surface area contributed by atoms with Gasteiger partial charge in [0.1, 0.15) is 5.25 Å². The van der Waals surface area contributed by atoms with E-state index in [0.29, 0.717) is 0 Å². The lowest BCUT2D eigenvalue weighted by Crippen LogP contribution is -2.08. The molecule has 2 aromatic rings. The highest BCUT2D eigenvalue weighted by atomic mass is 32.2. The molecule has 3 rings (SSSR count). The lowest BCUT2D eigenvalue weighted by molar-refractivity contribution is -0.115. The van der Waals surface area contributed by atoms with E-state index in [2.05, 4.69) is 43.4 Å². The number of rotatable bonds is 2. The summed E-state index contributed by atoms with van der Waals surface area (Å²) in [6, 6.07) is 12.5. The first kappa shape index (κ1) is 13.3. The molecule has 0 aromatic heterocycles. The van der Waals surface area contributed by atoms with Crippen LogP contribution in [-0.4, -0.2) is 12.2 Å². The van der Waals surface area contributed by atoms with Crippen molar-refractivity contribution in [1.29, 1.82) is 0 Å². The minimum Gasteiger partial charge on any atom is -0.324 e. The molecule has 1 heterocycles. The standard InChI is InChI=1S/C17H17NOS/c1-10-6-4-5-7-12(10)14-11(2)8-9-13-15(14)16(20-3)17(19)18-13/h4-9,16H,1-3H3,(H,18,19). The third-order valence-electron chi connectivity index (χ3n) is 3.86. The fourth-order valence-corrected chi connectivity index (χ4v) is 3.63. The highest BCUT2D eigenvalue weighted by molar-refractivity contribution is 7.99. The third kappa shape index (κ3) is 1.93. The van der Waals surface area contributed by atoms with E-state index in [9.17, 15) is 4.79 Å². The summed E-state index contributed by atoms with van der Waals surface area (Å²) in [4.78, 5) is 12.1. The zero-order chi connectivity index (χ0) is 14.3. The minimum atomic E-state index is -0.112. The molecular weight excluding hydrogens is 266 g/mol. The molecular formula is C17H17NOS. The molecule has 0 saturated heterocycles. The Morgan fingerprint density at radius 2 is 1.80 bits per heavy atom. The number of thioether (sulfide) groups is 1. The SMILES string of the molecule is CSC1C(=O)Nc2ccc(C)c(-c3ccccc3C)c21. The Morgan fingerprint density at radius 3 is 2.50 bits per heavy atom. The number of anilines is 1. The minimum absolute atomic E-state index is 0.0907. The molecule has 0 spiro atoms. The molecule has 0 aliphatic carbocycles. The number of aryl methyl sites for hydroxylation is 2. The Kier molecular flexibility index (Phi) is 3.30. The fourth-order valence-electron chi connectivity index (χ4n) is 2.88. The van der Waals surface area contributed by atoms with Gasteiger partial charge in [-0.1, -0.05) is 30.3 Å². The predicted molar refractivity (Wildman–Crippen MR) is 86.2 cm³/mol. The van der Waals surface area contributed by atoms with E-state index in [0.717, 1.165) is 11.3 Å². The Labute approximate surface area is 123 Å². The van der Waals surface area contributed by atoms with Gasteiger partial charge in [-0.05, 0) is 48.4 Å². The maximum Gasteiger partial charge on any atom is 0.242 e. The van der Waals surface area contributed by atoms with Crippen LogP contribution >= 0.6 is 11.8 Å². The van der Waals surface area contributed by atoms with Crippen LogP contribution in [0, 0.1) is 13.8 Å². The molecule has 1 aliphatic rings. The first-order valence-corrected chi connectivity index (χ1v) is 7.95. The fraction of sp³-hybridized carbons (Fsp3) is 0.235. The van der Waals surface area contributed by atoms with Crippen molar-refractivity contribution in [3.8, 4) is 11.1 Å². The zero-order valence-electron chi connectivity index (χ0n) is 11.9. The molecule has 1 amide bonds. The largest absolute Gasteiger partial charge is 0.324 e. The Hall–Kier alpha value is -1.74. The molecule has 0 radical (unpaired) electrons. The maximum absolute atomic E-state index is 12.1. The number of carbonyl (C=O) groups excluding carboxylic acids is 1. The summed E-state index contributed by atoms with van der Waals surface area (Å²) in [6.07, 6.45) is 1.99. The van der Waals surface area contributed by atoms with Crippen molar-refractivity contribution in [3.05, 3.63) is 53.1 Å². The second-order valence-electron chi connectivity index (χ2n) is 5.14. The number of benzene rings is 2. The molecule has 1 N–H and O–H groups in total. The zero-order valence-corrected chi connectivity index (χ0v) is 12.7. The van der Waals surface area contributed by atoms with Crippen LogP contribution in [-0.2, 0) is 4.79 Å². The van der Waals surface area contributed by atoms with Gasteiger partial charge in [-0.2, -0.15) is 0 Å². The van der Waals surface area contributed by atoms with E-state index in [1.165, 1.54) is 22.3 Å². The summed E-state index contributed by atoms with van der Waals surface area (Å²) >= 11 is 1.59. The van der Waals surface area contributed by atoms with Crippen LogP contribution in [0.3, 0.4) is 0 Å². The van der Waals surface area contributed by atoms with Crippen molar-refractivity contribution in [2.45, 2.75) is 19.1 Å². The van der Waals surface area contributed by atoms with Gasteiger partial charge in [0.2, 0.25) is 5.91 Å². The van der Waals surface area contributed by atoms with Crippen LogP contribution in [0.25, 0.3) is 11.1 Å². The quantitative estimate of drug-likeness (QED) is 0.889. The molecule has 0 bridgehead atoms. The van der Waals surface area contributed by atoms with E-state index >= 15 is 0 Å². The summed E-state index contributed by atoms with van der Waals surface area (Å²) in [7, 11) is 0. The molecule has 2 aromatic carbocycles. The van der Waals surface area contributed by atoms with E-state index in [1.807, 2.05) is 18.4 Å². The molecule has 0 fully saturated rings. The highest BCUT2D eigenvalue weighted by Gasteiger charge is 2.33. The van der Waals surface area contributed by atoms with Gasteiger partial charge in [0.15, 0.2) is 0 Å². The van der Waals surface area contributed by atoms with Gasteiger partial charge >= 0.3 is 0 Å². The summed E-state index contributed by atoms with van der Waals surface area (Å²) in [5, 5.41) is 2.88. The number of fused-ring (bicyclic) bond motifs is 1. The molecule has 1 unspecified atom stereocenters. The molecule has 1 aliphatic heterocycles. The van der Waals surface area contributed by atoms with E-state index < -0.39 is 0 Å². The normalized spacial score (nSPS) is 16.9. The average Bonchev–Trinajstić information content (AvgIpc) is 2.75. The van der Waals surface area contributed by atoms with E-state index in [1.54, 1.807) is 11.8 Å². The van der Waals surface area contributed by atoms with Crippen LogP contribution in [0.5, 0.6) is 0 Å². The Balaban J connectivity index is 2.30. The van der Waals surface area contributed by atoms with Crippen LogP contribution < -0.4 is 5.32 Å². The third-order valence-corrected chi connectivity index (χ3v) is 4.78. The van der Waals surface area contributed by atoms with Crippen molar-refractivity contribution in [2.24, 2.45) is 0 Å². The topological polar surface area (TPSA) is 29.1 Å². The number of amides is 1. The van der Waals surface area contributed by atoms with Gasteiger partial charge in [0.25, 0.3) is 0 Å². The molecule has 2 nitrogen and oxygen atoms in total. The number of hydrogen-bond donors (Lipinski definition) is 1. The van der Waals surface area contributed by atoms with Crippen molar-refractivity contribution in [3.63, 3.8) is 0 Å². The first-order chi connectivity index (χ1) is 9.63. The van der Waals surface area contributed by atoms with Crippen molar-refractivity contribution >= 4 is 23.4 Å².